The number of nitrogens with one attached hydrogen (secondary N) is 2. The summed E-state index contributed by atoms with van der Waals surface area (Å²) in [5, 5.41) is 4.17. The molecule has 1 fully saturated rings. The third kappa shape index (κ3) is 4.16. The highest BCUT2D eigenvalue weighted by Gasteiger charge is 2.22. The first kappa shape index (κ1) is 17.0. The van der Waals surface area contributed by atoms with E-state index in [2.05, 4.69) is 29.0 Å². The van der Waals surface area contributed by atoms with E-state index in [4.69, 9.17) is 4.74 Å². The summed E-state index contributed by atoms with van der Waals surface area (Å²) < 4.78 is 5.45. The van der Waals surface area contributed by atoms with Gasteiger partial charge in [0.2, 0.25) is 0 Å². The van der Waals surface area contributed by atoms with Crippen LogP contribution in [-0.4, -0.2) is 54.7 Å². The minimum atomic E-state index is -0.0341. The molecule has 24 heavy (non-hydrogen) atoms. The Morgan fingerprint density at radius 2 is 2.04 bits per heavy atom. The number of aromatic nitrogens is 1. The molecule has 1 aromatic carbocycles. The Labute approximate surface area is 143 Å². The van der Waals surface area contributed by atoms with E-state index in [9.17, 15) is 4.79 Å². The number of hydrogen-bond donors (Lipinski definition) is 2. The van der Waals surface area contributed by atoms with Gasteiger partial charge in [0.25, 0.3) is 5.91 Å². The summed E-state index contributed by atoms with van der Waals surface area (Å²) in [6.07, 6.45) is 1.08. The minimum absolute atomic E-state index is 0.0341. The van der Waals surface area contributed by atoms with Crippen molar-refractivity contribution in [1.29, 1.82) is 0 Å². The van der Waals surface area contributed by atoms with E-state index in [1.807, 2.05) is 30.3 Å². The largest absolute Gasteiger partial charge is 0.379 e. The van der Waals surface area contributed by atoms with Gasteiger partial charge < -0.3 is 15.0 Å². The fraction of sp³-hybridized carbons (Fsp3) is 0.526. The molecule has 1 aromatic heterocycles. The maximum Gasteiger partial charge on any atom is 0.267 e. The topological polar surface area (TPSA) is 57.4 Å². The number of benzene rings is 1. The zero-order valence-electron chi connectivity index (χ0n) is 14.5. The first-order valence-corrected chi connectivity index (χ1v) is 8.81. The number of ether oxygens (including phenoxy) is 1. The van der Waals surface area contributed by atoms with E-state index < -0.39 is 0 Å². The molecule has 0 spiro atoms. The highest BCUT2D eigenvalue weighted by molar-refractivity contribution is 5.97. The van der Waals surface area contributed by atoms with Crippen LogP contribution >= 0.6 is 0 Å². The van der Waals surface area contributed by atoms with Gasteiger partial charge >= 0.3 is 0 Å². The number of para-hydroxylation sites is 1. The summed E-state index contributed by atoms with van der Waals surface area (Å²) in [4.78, 5) is 18.1. The SMILES string of the molecule is CC(C)CC(CNC(=O)c1cc2ccccc2[nH]1)N1CCOCC1. The number of carbonyl (C=O) groups is 1. The zero-order chi connectivity index (χ0) is 16.9. The molecule has 0 bridgehead atoms. The van der Waals surface area contributed by atoms with Crippen LogP contribution in [0.4, 0.5) is 0 Å². The fourth-order valence-corrected chi connectivity index (χ4v) is 3.35. The third-order valence-corrected chi connectivity index (χ3v) is 4.58. The summed E-state index contributed by atoms with van der Waals surface area (Å²) in [7, 11) is 0. The van der Waals surface area contributed by atoms with E-state index >= 15 is 0 Å². The van der Waals surface area contributed by atoms with Crippen LogP contribution in [0.5, 0.6) is 0 Å². The second-order valence-electron chi connectivity index (χ2n) is 6.91. The smallest absolute Gasteiger partial charge is 0.267 e. The van der Waals surface area contributed by atoms with E-state index in [-0.39, 0.29) is 5.91 Å². The predicted octanol–water partition coefficient (Wildman–Crippen LogP) is 2.64. The molecule has 0 aliphatic carbocycles. The van der Waals surface area contributed by atoms with Crippen LogP contribution in [0.15, 0.2) is 30.3 Å². The van der Waals surface area contributed by atoms with Gasteiger partial charge in [-0.15, -0.1) is 0 Å². The number of carbonyl (C=O) groups excluding carboxylic acids is 1. The molecule has 3 rings (SSSR count). The number of hydrogen-bond acceptors (Lipinski definition) is 3. The van der Waals surface area contributed by atoms with Crippen LogP contribution in [0.2, 0.25) is 0 Å². The number of aromatic amines is 1. The molecule has 5 nitrogen and oxygen atoms in total. The average molecular weight is 329 g/mol. The van der Waals surface area contributed by atoms with Gasteiger partial charge in [0.1, 0.15) is 5.69 Å². The number of amides is 1. The van der Waals surface area contributed by atoms with Crippen molar-refractivity contribution in [2.75, 3.05) is 32.8 Å². The lowest BCUT2D eigenvalue weighted by molar-refractivity contribution is 0.0124. The highest BCUT2D eigenvalue weighted by Crippen LogP contribution is 2.16. The molecule has 130 valence electrons. The van der Waals surface area contributed by atoms with Crippen LogP contribution in [-0.2, 0) is 4.74 Å². The lowest BCUT2D eigenvalue weighted by atomic mass is 10.0. The second-order valence-corrected chi connectivity index (χ2v) is 6.91. The molecule has 2 N–H and O–H groups in total. The summed E-state index contributed by atoms with van der Waals surface area (Å²) in [5.41, 5.74) is 1.62. The summed E-state index contributed by atoms with van der Waals surface area (Å²) in [6, 6.07) is 10.2. The lowest BCUT2D eigenvalue weighted by Crippen LogP contribution is -2.49. The standard InChI is InChI=1S/C19H27N3O2/c1-14(2)11-16(22-7-9-24-10-8-22)13-20-19(23)18-12-15-5-3-4-6-17(15)21-18/h3-6,12,14,16,21H,7-11,13H2,1-2H3,(H,20,23). The van der Waals surface area contributed by atoms with Crippen molar-refractivity contribution in [3.05, 3.63) is 36.0 Å². The maximum absolute atomic E-state index is 12.5. The summed E-state index contributed by atoms with van der Waals surface area (Å²) in [6.45, 7) is 8.58. The zero-order valence-corrected chi connectivity index (χ0v) is 14.5. The van der Waals surface area contributed by atoms with E-state index in [1.165, 1.54) is 0 Å². The Kier molecular flexibility index (Phi) is 5.53. The normalized spacial score (nSPS) is 17.3. The minimum Gasteiger partial charge on any atom is -0.379 e. The molecule has 1 unspecified atom stereocenters. The molecular formula is C19H27N3O2. The van der Waals surface area contributed by atoms with Gasteiger partial charge in [-0.3, -0.25) is 9.69 Å². The van der Waals surface area contributed by atoms with Crippen molar-refractivity contribution in [2.45, 2.75) is 26.3 Å². The van der Waals surface area contributed by atoms with Gasteiger partial charge in [-0.05, 0) is 24.5 Å². The number of H-pyrrole nitrogens is 1. The third-order valence-electron chi connectivity index (χ3n) is 4.58. The molecule has 2 aromatic rings. The molecule has 1 amide bonds. The molecule has 1 aliphatic rings. The molecular weight excluding hydrogens is 302 g/mol. The Morgan fingerprint density at radius 1 is 1.29 bits per heavy atom. The summed E-state index contributed by atoms with van der Waals surface area (Å²) in [5.74, 6) is 0.566. The van der Waals surface area contributed by atoms with Crippen molar-refractivity contribution in [1.82, 2.24) is 15.2 Å². The molecule has 1 saturated heterocycles. The van der Waals surface area contributed by atoms with Crippen LogP contribution < -0.4 is 5.32 Å². The Morgan fingerprint density at radius 3 is 2.75 bits per heavy atom. The first-order valence-electron chi connectivity index (χ1n) is 8.81. The molecule has 5 heteroatoms. The van der Waals surface area contributed by atoms with Crippen LogP contribution in [0.3, 0.4) is 0 Å². The highest BCUT2D eigenvalue weighted by atomic mass is 16.5. The number of fused-ring (bicyclic) bond motifs is 1. The van der Waals surface area contributed by atoms with Crippen molar-refractivity contribution in [3.8, 4) is 0 Å². The van der Waals surface area contributed by atoms with Gasteiger partial charge in [-0.25, -0.2) is 0 Å². The van der Waals surface area contributed by atoms with Crippen LogP contribution in [0.25, 0.3) is 10.9 Å². The Balaban J connectivity index is 1.63. The molecule has 0 radical (unpaired) electrons. The van der Waals surface area contributed by atoms with Crippen molar-refractivity contribution in [3.63, 3.8) is 0 Å². The number of rotatable bonds is 6. The molecule has 0 saturated carbocycles. The average Bonchev–Trinajstić information content (AvgIpc) is 3.03. The molecule has 1 aliphatic heterocycles. The Hall–Kier alpha value is -1.85. The van der Waals surface area contributed by atoms with Crippen molar-refractivity contribution < 1.29 is 9.53 Å². The van der Waals surface area contributed by atoms with E-state index in [1.54, 1.807) is 0 Å². The van der Waals surface area contributed by atoms with Crippen LogP contribution in [0, 0.1) is 5.92 Å². The number of morpholine rings is 1. The van der Waals surface area contributed by atoms with Crippen molar-refractivity contribution >= 4 is 16.8 Å². The molecule has 2 heterocycles. The Bertz CT molecular complexity index is 641. The van der Waals surface area contributed by atoms with Crippen molar-refractivity contribution in [2.24, 2.45) is 5.92 Å². The quantitative estimate of drug-likeness (QED) is 0.856. The number of nitrogens with zero attached hydrogens (tertiary/aromatic N) is 1. The molecule has 1 atom stereocenters. The van der Waals surface area contributed by atoms with Gasteiger partial charge in [0, 0.05) is 36.6 Å². The van der Waals surface area contributed by atoms with E-state index in [0.717, 1.165) is 43.6 Å². The van der Waals surface area contributed by atoms with E-state index in [0.29, 0.717) is 24.2 Å². The lowest BCUT2D eigenvalue weighted by Gasteiger charge is -2.35. The van der Waals surface area contributed by atoms with Gasteiger partial charge in [-0.1, -0.05) is 32.0 Å². The second kappa shape index (κ2) is 7.81. The van der Waals surface area contributed by atoms with Crippen LogP contribution in [0.1, 0.15) is 30.8 Å². The van der Waals surface area contributed by atoms with Gasteiger partial charge in [0.05, 0.1) is 13.2 Å². The fourth-order valence-electron chi connectivity index (χ4n) is 3.35. The maximum atomic E-state index is 12.5. The monoisotopic (exact) mass is 329 g/mol. The predicted molar refractivity (Wildman–Crippen MR) is 96.3 cm³/mol. The van der Waals surface area contributed by atoms with Gasteiger partial charge in [-0.2, -0.15) is 0 Å². The van der Waals surface area contributed by atoms with Gasteiger partial charge in [0.15, 0.2) is 0 Å². The summed E-state index contributed by atoms with van der Waals surface area (Å²) >= 11 is 0. The first-order chi connectivity index (χ1) is 11.6.